The smallest absolute Gasteiger partial charge is 0.232 e. The largest absolute Gasteiger partial charge is 0.339 e. The molecule has 0 spiro atoms. The summed E-state index contributed by atoms with van der Waals surface area (Å²) in [5.74, 6) is 0.0872. The second-order valence-corrected chi connectivity index (χ2v) is 5.87. The molecule has 2 N–H and O–H groups in total. The number of hydrogen-bond donors (Lipinski definition) is 1. The Labute approximate surface area is 110 Å². The predicted octanol–water partition coefficient (Wildman–Crippen LogP) is 2.16. The van der Waals surface area contributed by atoms with Crippen molar-refractivity contribution in [2.24, 2.45) is 5.73 Å². The zero-order chi connectivity index (χ0) is 14.0. The highest BCUT2D eigenvalue weighted by Crippen LogP contribution is 2.27. The molecule has 0 aliphatic heterocycles. The highest BCUT2D eigenvalue weighted by Gasteiger charge is 2.37. The van der Waals surface area contributed by atoms with Crippen LogP contribution in [0.25, 0.3) is 0 Å². The van der Waals surface area contributed by atoms with Crippen LogP contribution in [0.3, 0.4) is 0 Å². The minimum Gasteiger partial charge on any atom is -0.339 e. The van der Waals surface area contributed by atoms with E-state index >= 15 is 0 Å². The Bertz CT molecular complexity index is 410. The molecule has 100 valence electrons. The van der Waals surface area contributed by atoms with E-state index in [1.165, 1.54) is 0 Å². The van der Waals surface area contributed by atoms with E-state index in [0.717, 1.165) is 5.56 Å². The second kappa shape index (κ2) is 5.11. The lowest BCUT2D eigenvalue weighted by molar-refractivity contribution is -0.139. The van der Waals surface area contributed by atoms with Crippen LogP contribution in [-0.2, 0) is 10.2 Å². The van der Waals surface area contributed by atoms with Crippen molar-refractivity contribution >= 4 is 5.91 Å². The highest BCUT2D eigenvalue weighted by molar-refractivity contribution is 5.87. The maximum Gasteiger partial charge on any atom is 0.232 e. The third-order valence-corrected chi connectivity index (χ3v) is 3.74. The number of nitrogens with zero attached hydrogens (tertiary/aromatic N) is 1. The van der Waals surface area contributed by atoms with Crippen molar-refractivity contribution in [1.82, 2.24) is 4.90 Å². The molecular weight excluding hydrogens is 224 g/mol. The van der Waals surface area contributed by atoms with Crippen LogP contribution in [0, 0.1) is 0 Å². The Hall–Kier alpha value is -1.35. The monoisotopic (exact) mass is 248 g/mol. The van der Waals surface area contributed by atoms with Crippen LogP contribution in [0.1, 0.15) is 33.3 Å². The summed E-state index contributed by atoms with van der Waals surface area (Å²) in [5.41, 5.74) is 5.89. The third-order valence-electron chi connectivity index (χ3n) is 3.74. The summed E-state index contributed by atoms with van der Waals surface area (Å²) in [4.78, 5) is 14.4. The quantitative estimate of drug-likeness (QED) is 0.887. The van der Waals surface area contributed by atoms with Crippen molar-refractivity contribution in [3.63, 3.8) is 0 Å². The number of rotatable bonds is 4. The van der Waals surface area contributed by atoms with E-state index in [1.807, 2.05) is 65.1 Å². The van der Waals surface area contributed by atoms with E-state index in [-0.39, 0.29) is 11.4 Å². The van der Waals surface area contributed by atoms with E-state index in [4.69, 9.17) is 5.73 Å². The fourth-order valence-corrected chi connectivity index (χ4v) is 1.81. The van der Waals surface area contributed by atoms with Crippen molar-refractivity contribution in [3.05, 3.63) is 35.9 Å². The summed E-state index contributed by atoms with van der Waals surface area (Å²) in [6, 6.07) is 9.84. The molecule has 0 heterocycles. The first-order valence-corrected chi connectivity index (χ1v) is 6.27. The summed E-state index contributed by atoms with van der Waals surface area (Å²) < 4.78 is 0. The predicted molar refractivity (Wildman–Crippen MR) is 75.4 cm³/mol. The molecule has 3 heteroatoms. The zero-order valence-electron chi connectivity index (χ0n) is 12.0. The van der Waals surface area contributed by atoms with Gasteiger partial charge < -0.3 is 10.6 Å². The fraction of sp³-hybridized carbons (Fsp3) is 0.533. The van der Waals surface area contributed by atoms with E-state index in [0.29, 0.717) is 6.54 Å². The molecule has 1 aromatic rings. The maximum absolute atomic E-state index is 12.6. The van der Waals surface area contributed by atoms with E-state index in [2.05, 4.69) is 0 Å². The van der Waals surface area contributed by atoms with Crippen LogP contribution in [0.2, 0.25) is 0 Å². The molecule has 18 heavy (non-hydrogen) atoms. The molecule has 0 aliphatic rings. The van der Waals surface area contributed by atoms with Crippen LogP contribution in [-0.4, -0.2) is 29.9 Å². The van der Waals surface area contributed by atoms with Crippen molar-refractivity contribution < 1.29 is 4.79 Å². The lowest BCUT2D eigenvalue weighted by atomic mass is 9.82. The van der Waals surface area contributed by atoms with Crippen molar-refractivity contribution in [2.45, 2.75) is 38.6 Å². The molecular formula is C15H24N2O. The molecule has 0 bridgehead atoms. The number of hydrogen-bond acceptors (Lipinski definition) is 2. The van der Waals surface area contributed by atoms with Gasteiger partial charge in [-0.2, -0.15) is 0 Å². The lowest BCUT2D eigenvalue weighted by Crippen LogP contribution is -2.54. The molecule has 0 atom stereocenters. The van der Waals surface area contributed by atoms with Crippen LogP contribution >= 0.6 is 0 Å². The Morgan fingerprint density at radius 3 is 2.11 bits per heavy atom. The van der Waals surface area contributed by atoms with Gasteiger partial charge in [-0.1, -0.05) is 30.3 Å². The van der Waals surface area contributed by atoms with Gasteiger partial charge >= 0.3 is 0 Å². The van der Waals surface area contributed by atoms with E-state index < -0.39 is 5.41 Å². The molecule has 1 rings (SSSR count). The Kier molecular flexibility index (Phi) is 4.17. The first-order chi connectivity index (χ1) is 8.23. The van der Waals surface area contributed by atoms with Crippen LogP contribution in [0.4, 0.5) is 0 Å². The number of benzene rings is 1. The van der Waals surface area contributed by atoms with Crippen LogP contribution in [0.5, 0.6) is 0 Å². The Morgan fingerprint density at radius 1 is 1.17 bits per heavy atom. The summed E-state index contributed by atoms with van der Waals surface area (Å²) in [6.07, 6.45) is 0. The van der Waals surface area contributed by atoms with E-state index in [1.54, 1.807) is 4.90 Å². The van der Waals surface area contributed by atoms with Gasteiger partial charge in [-0.25, -0.2) is 0 Å². The number of amides is 1. The average Bonchev–Trinajstić information content (AvgIpc) is 2.37. The number of carbonyl (C=O) groups is 1. The van der Waals surface area contributed by atoms with Crippen molar-refractivity contribution in [2.75, 3.05) is 13.6 Å². The van der Waals surface area contributed by atoms with Gasteiger partial charge in [0.25, 0.3) is 0 Å². The molecule has 1 aromatic carbocycles. The Balaban J connectivity index is 3.03. The fourth-order valence-electron chi connectivity index (χ4n) is 1.81. The molecule has 0 fully saturated rings. The minimum atomic E-state index is -0.539. The molecule has 0 saturated carbocycles. The van der Waals surface area contributed by atoms with Gasteiger partial charge in [-0.05, 0) is 33.3 Å². The van der Waals surface area contributed by atoms with Gasteiger partial charge in [0.15, 0.2) is 0 Å². The second-order valence-electron chi connectivity index (χ2n) is 5.87. The molecule has 0 radical (unpaired) electrons. The lowest BCUT2D eigenvalue weighted by Gasteiger charge is -2.39. The first-order valence-electron chi connectivity index (χ1n) is 6.27. The van der Waals surface area contributed by atoms with Gasteiger partial charge in [0.1, 0.15) is 0 Å². The third kappa shape index (κ3) is 2.72. The summed E-state index contributed by atoms with van der Waals surface area (Å²) in [6.45, 7) is 8.31. The van der Waals surface area contributed by atoms with Gasteiger partial charge in [0.05, 0.1) is 5.41 Å². The molecule has 0 unspecified atom stereocenters. The van der Waals surface area contributed by atoms with E-state index in [9.17, 15) is 4.79 Å². The Morgan fingerprint density at radius 2 is 1.67 bits per heavy atom. The number of nitrogens with two attached hydrogens (primary N) is 1. The van der Waals surface area contributed by atoms with Gasteiger partial charge in [0.2, 0.25) is 5.91 Å². The molecule has 3 nitrogen and oxygen atoms in total. The molecule has 1 amide bonds. The van der Waals surface area contributed by atoms with Gasteiger partial charge in [-0.3, -0.25) is 4.79 Å². The normalized spacial score (nSPS) is 12.3. The average molecular weight is 248 g/mol. The first kappa shape index (κ1) is 14.7. The summed E-state index contributed by atoms with van der Waals surface area (Å²) >= 11 is 0. The van der Waals surface area contributed by atoms with Crippen LogP contribution < -0.4 is 5.73 Å². The number of carbonyl (C=O) groups excluding carboxylic acids is 1. The summed E-state index contributed by atoms with van der Waals surface area (Å²) in [7, 11) is 1.82. The van der Waals surface area contributed by atoms with Crippen molar-refractivity contribution in [3.8, 4) is 0 Å². The summed E-state index contributed by atoms with van der Waals surface area (Å²) in [5, 5.41) is 0. The standard InChI is InChI=1S/C15H24N2O/c1-14(2,11-16)17(5)13(18)15(3,4)12-9-7-6-8-10-12/h6-10H,11,16H2,1-5H3. The minimum absolute atomic E-state index is 0.0872. The van der Waals surface area contributed by atoms with Crippen LogP contribution in [0.15, 0.2) is 30.3 Å². The van der Waals surface area contributed by atoms with Crippen molar-refractivity contribution in [1.29, 1.82) is 0 Å². The maximum atomic E-state index is 12.6. The molecule has 0 saturated heterocycles. The SMILES string of the molecule is CN(C(=O)C(C)(C)c1ccccc1)C(C)(C)CN. The zero-order valence-corrected chi connectivity index (χ0v) is 12.0. The molecule has 0 aliphatic carbocycles. The highest BCUT2D eigenvalue weighted by atomic mass is 16.2. The molecule has 0 aromatic heterocycles. The topological polar surface area (TPSA) is 46.3 Å². The van der Waals surface area contributed by atoms with Gasteiger partial charge in [0, 0.05) is 19.1 Å². The number of likely N-dealkylation sites (N-methyl/N-ethyl adjacent to an activating group) is 1. The van der Waals surface area contributed by atoms with Gasteiger partial charge in [-0.15, -0.1) is 0 Å².